The maximum atomic E-state index is 12.5. The molecule has 0 aromatic heterocycles. The molecule has 13 heavy (non-hydrogen) atoms. The van der Waals surface area contributed by atoms with Crippen molar-refractivity contribution in [2.75, 3.05) is 5.43 Å². The summed E-state index contributed by atoms with van der Waals surface area (Å²) >= 11 is 0. The van der Waals surface area contributed by atoms with Crippen molar-refractivity contribution < 1.29 is 17.7 Å². The van der Waals surface area contributed by atoms with E-state index in [1.165, 1.54) is 0 Å². The van der Waals surface area contributed by atoms with Crippen molar-refractivity contribution in [2.45, 2.75) is 0 Å². The first-order chi connectivity index (χ1) is 5.65. The van der Waals surface area contributed by atoms with Gasteiger partial charge in [0.05, 0.1) is 5.69 Å². The van der Waals surface area contributed by atoms with Gasteiger partial charge in [-0.05, 0) is 0 Å². The zero-order valence-corrected chi connectivity index (χ0v) is 6.89. The fraction of sp³-hybridized carbons (Fsp3) is 0. The first-order valence-electron chi connectivity index (χ1n) is 2.91. The van der Waals surface area contributed by atoms with Crippen LogP contribution in [-0.4, -0.2) is 0 Å². The van der Waals surface area contributed by atoms with E-state index in [1.54, 1.807) is 5.43 Å². The van der Waals surface area contributed by atoms with E-state index >= 15 is 0 Å². The molecule has 2 nitrogen and oxygen atoms in total. The summed E-state index contributed by atoms with van der Waals surface area (Å²) in [5.41, 5.74) is 2.03. The summed E-state index contributed by atoms with van der Waals surface area (Å²) in [6.45, 7) is 0. The Balaban J connectivity index is 0.00000144. The lowest BCUT2D eigenvalue weighted by molar-refractivity contribution is 0.373. The van der Waals surface area contributed by atoms with Crippen molar-refractivity contribution in [3.63, 3.8) is 0 Å². The van der Waals surface area contributed by atoms with Gasteiger partial charge in [0, 0.05) is 12.1 Å². The van der Waals surface area contributed by atoms with Crippen LogP contribution < -0.4 is 11.1 Å². The number of rotatable bonds is 2. The summed E-state index contributed by atoms with van der Waals surface area (Å²) in [5.74, 6) is -3.66. The third-order valence-corrected chi connectivity index (χ3v) is 1.19. The lowest BCUT2D eigenvalue weighted by Crippen LogP contribution is -2.12. The maximum Gasteiger partial charge on any atom is 0.161 e. The van der Waals surface area contributed by atoms with Gasteiger partial charge in [0.25, 0.3) is 0 Å². The largest absolute Gasteiger partial charge is 0.292 e. The van der Waals surface area contributed by atoms with Gasteiger partial charge in [0.1, 0.15) is 0 Å². The fourth-order valence-electron chi connectivity index (χ4n) is 0.669. The maximum absolute atomic E-state index is 12.5. The van der Waals surface area contributed by atoms with Gasteiger partial charge < -0.3 is 0 Å². The van der Waals surface area contributed by atoms with E-state index < -0.39 is 23.1 Å². The average molecular weight is 217 g/mol. The summed E-state index contributed by atoms with van der Waals surface area (Å²) < 4.78 is 48.5. The summed E-state index contributed by atoms with van der Waals surface area (Å²) in [6.07, 6.45) is 0. The Morgan fingerprint density at radius 3 is 2.00 bits per heavy atom. The zero-order chi connectivity index (χ0) is 9.14. The number of hydrogen-bond donors (Lipinski definition) is 2. The van der Waals surface area contributed by atoms with E-state index in [4.69, 9.17) is 0 Å². The average Bonchev–Trinajstić information content (AvgIpc) is 2.01. The van der Waals surface area contributed by atoms with Crippen LogP contribution in [0.15, 0.2) is 12.1 Å². The van der Waals surface area contributed by atoms with E-state index in [2.05, 4.69) is 0 Å². The Bertz CT molecular complexity index is 294. The van der Waals surface area contributed by atoms with E-state index in [-0.39, 0.29) is 12.4 Å². The lowest BCUT2D eigenvalue weighted by atomic mass is 10.3. The Labute approximate surface area is 77.3 Å². The fourth-order valence-corrected chi connectivity index (χ4v) is 0.669. The molecule has 0 fully saturated rings. The van der Waals surface area contributed by atoms with Crippen molar-refractivity contribution in [3.05, 3.63) is 29.6 Å². The molecule has 0 unspecified atom stereocenters. The third kappa shape index (κ3) is 2.74. The molecular formula is C6H5ClF4N2. The molecule has 7 heteroatoms. The third-order valence-electron chi connectivity index (χ3n) is 1.19. The van der Waals surface area contributed by atoms with E-state index in [0.717, 1.165) is 5.65 Å². The van der Waals surface area contributed by atoms with Crippen LogP contribution >= 0.6 is 12.4 Å². The molecule has 0 aliphatic carbocycles. The molecule has 0 radical (unpaired) electrons. The molecule has 0 saturated carbocycles. The number of hydrazine groups is 1. The molecule has 1 rings (SSSR count). The van der Waals surface area contributed by atoms with Crippen LogP contribution in [0.3, 0.4) is 0 Å². The van der Waals surface area contributed by atoms with Gasteiger partial charge >= 0.3 is 0 Å². The molecule has 2 N–H and O–H groups in total. The summed E-state index contributed by atoms with van der Waals surface area (Å²) in [4.78, 5) is 0. The van der Waals surface area contributed by atoms with E-state index in [0.29, 0.717) is 12.1 Å². The number of anilines is 1. The van der Waals surface area contributed by atoms with Crippen molar-refractivity contribution in [2.24, 2.45) is 0 Å². The van der Waals surface area contributed by atoms with Gasteiger partial charge in [-0.2, -0.15) is 0 Å². The Hall–Kier alpha value is -1.01. The monoisotopic (exact) mass is 216 g/mol. The number of hydrogen-bond acceptors (Lipinski definition) is 2. The molecule has 0 bridgehead atoms. The SMILES string of the molecule is Cl.FNNc1cc(F)c(F)cc1F. The van der Waals surface area contributed by atoms with Gasteiger partial charge in [-0.1, -0.05) is 5.65 Å². The van der Waals surface area contributed by atoms with Gasteiger partial charge in [-0.25, -0.2) is 13.2 Å². The van der Waals surface area contributed by atoms with Gasteiger partial charge in [0.2, 0.25) is 0 Å². The predicted octanol–water partition coefficient (Wildman–Crippen LogP) is 2.33. The van der Waals surface area contributed by atoms with Gasteiger partial charge in [0.15, 0.2) is 17.5 Å². The number of nitrogens with one attached hydrogen (secondary N) is 2. The molecule has 1 aromatic rings. The predicted molar refractivity (Wildman–Crippen MR) is 41.4 cm³/mol. The minimum Gasteiger partial charge on any atom is -0.292 e. The normalized spacial score (nSPS) is 9.23. The highest BCUT2D eigenvalue weighted by molar-refractivity contribution is 5.85. The van der Waals surface area contributed by atoms with Crippen LogP contribution in [0.5, 0.6) is 0 Å². The first-order valence-corrected chi connectivity index (χ1v) is 2.91. The van der Waals surface area contributed by atoms with Crippen molar-refractivity contribution in [1.29, 1.82) is 0 Å². The van der Waals surface area contributed by atoms with Crippen LogP contribution in [0.25, 0.3) is 0 Å². The molecular weight excluding hydrogens is 212 g/mol. The quantitative estimate of drug-likeness (QED) is 0.343. The Kier molecular flexibility index (Phi) is 4.50. The molecule has 0 spiro atoms. The van der Waals surface area contributed by atoms with Crippen LogP contribution in [0.1, 0.15) is 0 Å². The van der Waals surface area contributed by atoms with Crippen molar-refractivity contribution in [3.8, 4) is 0 Å². The smallest absolute Gasteiger partial charge is 0.161 e. The van der Waals surface area contributed by atoms with Crippen LogP contribution in [0.2, 0.25) is 0 Å². The molecule has 0 saturated heterocycles. The number of benzene rings is 1. The van der Waals surface area contributed by atoms with Crippen LogP contribution in [0.4, 0.5) is 23.3 Å². The molecule has 1 aromatic carbocycles. The standard InChI is InChI=1S/C6H4F4N2.ClH/c7-3-1-5(9)6(11-12-10)2-4(3)8;/h1-2,11-12H;1H. The molecule has 0 aliphatic heterocycles. The second-order valence-electron chi connectivity index (χ2n) is 1.97. The molecule has 74 valence electrons. The summed E-state index contributed by atoms with van der Waals surface area (Å²) in [6, 6.07) is 0.812. The van der Waals surface area contributed by atoms with Crippen molar-refractivity contribution >= 4 is 18.1 Å². The Morgan fingerprint density at radius 1 is 0.923 bits per heavy atom. The molecule has 0 amide bonds. The summed E-state index contributed by atoms with van der Waals surface area (Å²) in [5, 5.41) is 0. The second kappa shape index (κ2) is 4.88. The Morgan fingerprint density at radius 2 is 1.46 bits per heavy atom. The zero-order valence-electron chi connectivity index (χ0n) is 6.07. The molecule has 0 heterocycles. The highest BCUT2D eigenvalue weighted by atomic mass is 35.5. The van der Waals surface area contributed by atoms with Crippen LogP contribution in [0, 0.1) is 17.5 Å². The van der Waals surface area contributed by atoms with Gasteiger partial charge in [-0.15, -0.1) is 16.9 Å². The molecule has 0 atom stereocenters. The highest BCUT2D eigenvalue weighted by Gasteiger charge is 2.08. The van der Waals surface area contributed by atoms with E-state index in [1.807, 2.05) is 0 Å². The topological polar surface area (TPSA) is 24.1 Å². The second-order valence-corrected chi connectivity index (χ2v) is 1.97. The number of halogens is 5. The van der Waals surface area contributed by atoms with Gasteiger partial charge in [-0.3, -0.25) is 5.43 Å². The highest BCUT2D eigenvalue weighted by Crippen LogP contribution is 2.17. The van der Waals surface area contributed by atoms with E-state index in [9.17, 15) is 17.7 Å². The van der Waals surface area contributed by atoms with Crippen molar-refractivity contribution in [1.82, 2.24) is 5.65 Å². The molecule has 0 aliphatic rings. The minimum atomic E-state index is -1.32. The van der Waals surface area contributed by atoms with Crippen LogP contribution in [-0.2, 0) is 0 Å². The summed E-state index contributed by atoms with van der Waals surface area (Å²) in [7, 11) is 0. The lowest BCUT2D eigenvalue weighted by Gasteiger charge is -2.03. The first kappa shape index (κ1) is 12.0. The minimum absolute atomic E-state index is 0.